The number of hydrogen-bond donors (Lipinski definition) is 1. The summed E-state index contributed by atoms with van der Waals surface area (Å²) < 4.78 is 5.70. The summed E-state index contributed by atoms with van der Waals surface area (Å²) in [4.78, 5) is 31.5. The largest absolute Gasteiger partial charge is 0.455 e. The molecule has 0 aliphatic carbocycles. The van der Waals surface area contributed by atoms with Crippen molar-refractivity contribution in [1.29, 1.82) is 0 Å². The Kier molecular flexibility index (Phi) is 5.81. The third-order valence-electron chi connectivity index (χ3n) is 4.40. The van der Waals surface area contributed by atoms with Crippen molar-refractivity contribution in [3.63, 3.8) is 0 Å². The zero-order chi connectivity index (χ0) is 19.2. The van der Waals surface area contributed by atoms with Crippen molar-refractivity contribution in [2.24, 2.45) is 0 Å². The molecule has 0 spiro atoms. The lowest BCUT2D eigenvalue weighted by Gasteiger charge is -2.33. The van der Waals surface area contributed by atoms with E-state index >= 15 is 0 Å². The maximum Gasteiger partial charge on any atom is 0.287 e. The molecule has 0 unspecified atom stereocenters. The van der Waals surface area contributed by atoms with E-state index < -0.39 is 0 Å². The number of hydrogen-bond acceptors (Lipinski definition) is 8. The summed E-state index contributed by atoms with van der Waals surface area (Å²) in [6.07, 6.45) is 10.4. The van der Waals surface area contributed by atoms with Crippen molar-refractivity contribution in [1.82, 2.24) is 25.3 Å². The van der Waals surface area contributed by atoms with Crippen LogP contribution in [0.1, 0.15) is 29.2 Å². The normalized spacial score (nSPS) is 16.7. The first-order valence-electron chi connectivity index (χ1n) is 9.08. The van der Waals surface area contributed by atoms with Gasteiger partial charge in [0.15, 0.2) is 10.9 Å². The van der Waals surface area contributed by atoms with Gasteiger partial charge in [-0.05, 0) is 31.0 Å². The number of nitrogens with one attached hydrogen (secondary N) is 1. The van der Waals surface area contributed by atoms with Crippen LogP contribution in [-0.4, -0.2) is 45.0 Å². The second-order valence-electron chi connectivity index (χ2n) is 6.41. The van der Waals surface area contributed by atoms with Crippen LogP contribution in [0.5, 0.6) is 0 Å². The Morgan fingerprint density at radius 3 is 2.93 bits per heavy atom. The zero-order valence-corrected chi connectivity index (χ0v) is 16.0. The van der Waals surface area contributed by atoms with E-state index in [9.17, 15) is 4.79 Å². The van der Waals surface area contributed by atoms with Crippen LogP contribution in [0, 0.1) is 0 Å². The topological polar surface area (TPSA) is 97.0 Å². The minimum Gasteiger partial charge on any atom is -0.455 e. The summed E-state index contributed by atoms with van der Waals surface area (Å²) in [6, 6.07) is 5.34. The molecule has 0 aromatic carbocycles. The summed E-state index contributed by atoms with van der Waals surface area (Å²) in [5.41, 5.74) is 0. The first kappa shape index (κ1) is 18.4. The maximum atomic E-state index is 12.6. The quantitative estimate of drug-likeness (QED) is 0.502. The molecule has 0 radical (unpaired) electrons. The highest BCUT2D eigenvalue weighted by Gasteiger charge is 2.24. The molecule has 8 nitrogen and oxygen atoms in total. The molecule has 144 valence electrons. The fourth-order valence-electron chi connectivity index (χ4n) is 3.09. The summed E-state index contributed by atoms with van der Waals surface area (Å²) in [5.74, 6) is 2.25. The number of amides is 1. The number of aromatic nitrogens is 4. The van der Waals surface area contributed by atoms with Gasteiger partial charge in [-0.1, -0.05) is 11.8 Å². The molecule has 28 heavy (non-hydrogen) atoms. The molecule has 1 N–H and O–H groups in total. The lowest BCUT2D eigenvalue weighted by atomic mass is 10.1. The van der Waals surface area contributed by atoms with Gasteiger partial charge in [0, 0.05) is 43.9 Å². The smallest absolute Gasteiger partial charge is 0.287 e. The van der Waals surface area contributed by atoms with Gasteiger partial charge in [-0.25, -0.2) is 15.0 Å². The van der Waals surface area contributed by atoms with E-state index in [1.807, 2.05) is 6.07 Å². The third-order valence-corrected chi connectivity index (χ3v) is 5.30. The predicted molar refractivity (Wildman–Crippen MR) is 105 cm³/mol. The molecule has 1 aliphatic rings. The van der Waals surface area contributed by atoms with Crippen molar-refractivity contribution < 1.29 is 9.21 Å². The molecule has 3 aromatic rings. The number of piperidine rings is 1. The van der Waals surface area contributed by atoms with Crippen LogP contribution in [0.15, 0.2) is 58.8 Å². The molecule has 0 saturated carbocycles. The molecule has 1 aliphatic heterocycles. The van der Waals surface area contributed by atoms with Gasteiger partial charge >= 0.3 is 0 Å². The third kappa shape index (κ3) is 4.66. The minimum absolute atomic E-state index is 0.0453. The molecule has 3 aromatic heterocycles. The Labute approximate surface area is 166 Å². The predicted octanol–water partition coefficient (Wildman–Crippen LogP) is 2.55. The zero-order valence-electron chi connectivity index (χ0n) is 15.2. The van der Waals surface area contributed by atoms with Crippen LogP contribution in [0.4, 0.5) is 5.82 Å². The number of furan rings is 1. The Morgan fingerprint density at radius 1 is 1.21 bits per heavy atom. The highest BCUT2D eigenvalue weighted by molar-refractivity contribution is 7.98. The molecular weight excluding hydrogens is 376 g/mol. The van der Waals surface area contributed by atoms with E-state index in [2.05, 4.69) is 30.2 Å². The van der Waals surface area contributed by atoms with Gasteiger partial charge < -0.3 is 14.6 Å². The van der Waals surface area contributed by atoms with Gasteiger partial charge in [0.1, 0.15) is 11.6 Å². The summed E-state index contributed by atoms with van der Waals surface area (Å²) in [5, 5.41) is 3.75. The Hall–Kier alpha value is -2.94. The average Bonchev–Trinajstić information content (AvgIpc) is 3.23. The molecule has 9 heteroatoms. The van der Waals surface area contributed by atoms with Crippen LogP contribution in [-0.2, 0) is 5.75 Å². The Balaban J connectivity index is 1.32. The number of anilines is 1. The van der Waals surface area contributed by atoms with E-state index in [4.69, 9.17) is 4.42 Å². The van der Waals surface area contributed by atoms with Crippen LogP contribution in [0.3, 0.4) is 0 Å². The van der Waals surface area contributed by atoms with Crippen molar-refractivity contribution >= 4 is 23.5 Å². The van der Waals surface area contributed by atoms with Crippen molar-refractivity contribution in [3.8, 4) is 0 Å². The van der Waals surface area contributed by atoms with Crippen molar-refractivity contribution in [2.45, 2.75) is 29.8 Å². The van der Waals surface area contributed by atoms with Gasteiger partial charge in [0.2, 0.25) is 0 Å². The van der Waals surface area contributed by atoms with Crippen LogP contribution in [0.25, 0.3) is 0 Å². The Bertz CT molecular complexity index is 905. The second kappa shape index (κ2) is 8.83. The number of carbonyl (C=O) groups is 1. The van der Waals surface area contributed by atoms with E-state index in [0.717, 1.165) is 25.2 Å². The Morgan fingerprint density at radius 2 is 2.11 bits per heavy atom. The van der Waals surface area contributed by atoms with E-state index in [1.165, 1.54) is 11.8 Å². The van der Waals surface area contributed by atoms with E-state index in [-0.39, 0.29) is 11.9 Å². The molecular formula is C19H20N6O2S. The average molecular weight is 396 g/mol. The van der Waals surface area contributed by atoms with E-state index in [0.29, 0.717) is 29.0 Å². The number of nitrogens with zero attached hydrogens (tertiary/aromatic N) is 5. The van der Waals surface area contributed by atoms with Gasteiger partial charge in [-0.3, -0.25) is 9.78 Å². The monoisotopic (exact) mass is 396 g/mol. The van der Waals surface area contributed by atoms with Crippen LogP contribution in [0.2, 0.25) is 0 Å². The van der Waals surface area contributed by atoms with Crippen LogP contribution < -0.4 is 10.2 Å². The van der Waals surface area contributed by atoms with E-state index in [1.54, 1.807) is 43.1 Å². The van der Waals surface area contributed by atoms with Gasteiger partial charge in [-0.15, -0.1) is 0 Å². The maximum absolute atomic E-state index is 12.6. The highest BCUT2D eigenvalue weighted by atomic mass is 32.2. The summed E-state index contributed by atoms with van der Waals surface area (Å²) in [6.45, 7) is 1.62. The summed E-state index contributed by atoms with van der Waals surface area (Å²) in [7, 11) is 0. The SMILES string of the molecule is O=C(N[C@H]1CCCN(c2cnccn2)C1)c1ccc(CSc2ncccn2)o1. The van der Waals surface area contributed by atoms with Crippen molar-refractivity contribution in [3.05, 3.63) is 60.7 Å². The van der Waals surface area contributed by atoms with Gasteiger partial charge in [0.25, 0.3) is 5.91 Å². The molecule has 1 amide bonds. The molecule has 1 atom stereocenters. The molecule has 1 saturated heterocycles. The lowest BCUT2D eigenvalue weighted by Crippen LogP contribution is -2.48. The fraction of sp³-hybridized carbons (Fsp3) is 0.316. The fourth-order valence-corrected chi connectivity index (χ4v) is 3.78. The lowest BCUT2D eigenvalue weighted by molar-refractivity contribution is 0.0903. The molecule has 0 bridgehead atoms. The van der Waals surface area contributed by atoms with Gasteiger partial charge in [-0.2, -0.15) is 0 Å². The number of carbonyl (C=O) groups excluding carboxylic acids is 1. The first-order chi connectivity index (χ1) is 13.8. The molecule has 4 heterocycles. The molecule has 1 fully saturated rings. The first-order valence-corrected chi connectivity index (χ1v) is 10.1. The number of thioether (sulfide) groups is 1. The summed E-state index contributed by atoms with van der Waals surface area (Å²) >= 11 is 1.46. The van der Waals surface area contributed by atoms with Crippen molar-refractivity contribution in [2.75, 3.05) is 18.0 Å². The minimum atomic E-state index is -0.196. The molecule has 4 rings (SSSR count). The van der Waals surface area contributed by atoms with Gasteiger partial charge in [0.05, 0.1) is 11.9 Å². The standard InChI is InChI=1S/C19H20N6O2S/c26-18(16-5-4-15(27-16)13-28-19-22-6-2-7-23-19)24-14-3-1-10-25(12-14)17-11-20-8-9-21-17/h2,4-9,11,14H,1,3,10,12-13H2,(H,24,26)/t14-/m0/s1. The second-order valence-corrected chi connectivity index (χ2v) is 7.35. The highest BCUT2D eigenvalue weighted by Crippen LogP contribution is 2.21. The van der Waals surface area contributed by atoms with Crippen LogP contribution >= 0.6 is 11.8 Å². The number of rotatable bonds is 6.